The SMILES string of the molecule is C=C1COCOC(CC)C1. The van der Waals surface area contributed by atoms with Gasteiger partial charge in [0, 0.05) is 0 Å². The molecule has 1 aliphatic rings. The van der Waals surface area contributed by atoms with Gasteiger partial charge in [-0.3, -0.25) is 0 Å². The summed E-state index contributed by atoms with van der Waals surface area (Å²) in [7, 11) is 0. The standard InChI is InChI=1S/C8H14O2/c1-3-8-4-7(2)5-9-6-10-8/h8H,2-6H2,1H3. The van der Waals surface area contributed by atoms with Crippen LogP contribution in [0.15, 0.2) is 12.2 Å². The maximum absolute atomic E-state index is 5.34. The van der Waals surface area contributed by atoms with Crippen LogP contribution in [0.1, 0.15) is 19.8 Å². The van der Waals surface area contributed by atoms with E-state index >= 15 is 0 Å². The van der Waals surface area contributed by atoms with E-state index in [2.05, 4.69) is 13.5 Å². The van der Waals surface area contributed by atoms with Crippen LogP contribution in [0, 0.1) is 0 Å². The predicted octanol–water partition coefficient (Wildman–Crippen LogP) is 1.72. The van der Waals surface area contributed by atoms with Crippen LogP contribution in [0.3, 0.4) is 0 Å². The molecule has 0 radical (unpaired) electrons. The Morgan fingerprint density at radius 2 is 2.50 bits per heavy atom. The fourth-order valence-corrected chi connectivity index (χ4v) is 1.03. The molecule has 2 nitrogen and oxygen atoms in total. The van der Waals surface area contributed by atoms with Gasteiger partial charge in [-0.1, -0.05) is 13.5 Å². The molecule has 2 heteroatoms. The van der Waals surface area contributed by atoms with Crippen molar-refractivity contribution in [2.45, 2.75) is 25.9 Å². The van der Waals surface area contributed by atoms with Crippen molar-refractivity contribution in [1.82, 2.24) is 0 Å². The second-order valence-electron chi connectivity index (χ2n) is 2.62. The highest BCUT2D eigenvalue weighted by molar-refractivity contribution is 4.97. The molecule has 0 N–H and O–H groups in total. The lowest BCUT2D eigenvalue weighted by molar-refractivity contribution is -0.0670. The van der Waals surface area contributed by atoms with E-state index in [9.17, 15) is 0 Å². The van der Waals surface area contributed by atoms with Gasteiger partial charge in [0.2, 0.25) is 0 Å². The summed E-state index contributed by atoms with van der Waals surface area (Å²) in [5.41, 5.74) is 1.14. The second kappa shape index (κ2) is 3.74. The first-order valence-electron chi connectivity index (χ1n) is 3.69. The van der Waals surface area contributed by atoms with Crippen molar-refractivity contribution in [2.75, 3.05) is 13.4 Å². The van der Waals surface area contributed by atoms with Gasteiger partial charge >= 0.3 is 0 Å². The van der Waals surface area contributed by atoms with Gasteiger partial charge in [-0.25, -0.2) is 0 Å². The Bertz CT molecular complexity index is 120. The Morgan fingerprint density at radius 3 is 3.20 bits per heavy atom. The zero-order valence-corrected chi connectivity index (χ0v) is 6.43. The molecule has 0 aromatic rings. The van der Waals surface area contributed by atoms with Crippen molar-refractivity contribution in [1.29, 1.82) is 0 Å². The first-order valence-corrected chi connectivity index (χ1v) is 3.69. The Morgan fingerprint density at radius 1 is 1.70 bits per heavy atom. The van der Waals surface area contributed by atoms with Gasteiger partial charge in [0.15, 0.2) is 0 Å². The molecule has 58 valence electrons. The third kappa shape index (κ3) is 2.12. The molecule has 1 unspecified atom stereocenters. The molecule has 1 fully saturated rings. The molecule has 0 saturated carbocycles. The summed E-state index contributed by atoms with van der Waals surface area (Å²) in [6.45, 7) is 7.07. The van der Waals surface area contributed by atoms with Crippen LogP contribution in [-0.4, -0.2) is 19.5 Å². The van der Waals surface area contributed by atoms with Gasteiger partial charge < -0.3 is 9.47 Å². The summed E-state index contributed by atoms with van der Waals surface area (Å²) in [4.78, 5) is 0. The summed E-state index contributed by atoms with van der Waals surface area (Å²) < 4.78 is 10.5. The van der Waals surface area contributed by atoms with Crippen LogP contribution in [-0.2, 0) is 9.47 Å². The molecule has 0 spiro atoms. The van der Waals surface area contributed by atoms with Gasteiger partial charge in [-0.05, 0) is 18.4 Å². The van der Waals surface area contributed by atoms with E-state index in [1.54, 1.807) is 0 Å². The number of ether oxygens (including phenoxy) is 2. The first-order chi connectivity index (χ1) is 4.83. The van der Waals surface area contributed by atoms with Crippen molar-refractivity contribution in [3.05, 3.63) is 12.2 Å². The molecule has 1 atom stereocenters. The summed E-state index contributed by atoms with van der Waals surface area (Å²) in [6, 6.07) is 0. The van der Waals surface area contributed by atoms with Crippen molar-refractivity contribution in [3.8, 4) is 0 Å². The quantitative estimate of drug-likeness (QED) is 0.519. The molecule has 0 bridgehead atoms. The molecule has 1 saturated heterocycles. The van der Waals surface area contributed by atoms with Crippen LogP contribution in [0.2, 0.25) is 0 Å². The van der Waals surface area contributed by atoms with E-state index in [0.29, 0.717) is 19.5 Å². The summed E-state index contributed by atoms with van der Waals surface area (Å²) in [5.74, 6) is 0. The van der Waals surface area contributed by atoms with Crippen molar-refractivity contribution < 1.29 is 9.47 Å². The van der Waals surface area contributed by atoms with Gasteiger partial charge in [-0.2, -0.15) is 0 Å². The Labute approximate surface area is 61.8 Å². The zero-order valence-electron chi connectivity index (χ0n) is 6.43. The van der Waals surface area contributed by atoms with E-state index in [4.69, 9.17) is 9.47 Å². The van der Waals surface area contributed by atoms with Crippen molar-refractivity contribution in [3.63, 3.8) is 0 Å². The molecular formula is C8H14O2. The van der Waals surface area contributed by atoms with Gasteiger partial charge in [0.1, 0.15) is 6.79 Å². The molecule has 0 aromatic carbocycles. The molecular weight excluding hydrogens is 128 g/mol. The maximum Gasteiger partial charge on any atom is 0.147 e. The van der Waals surface area contributed by atoms with E-state index in [1.165, 1.54) is 0 Å². The van der Waals surface area contributed by atoms with Crippen LogP contribution in [0.25, 0.3) is 0 Å². The van der Waals surface area contributed by atoms with Gasteiger partial charge in [-0.15, -0.1) is 0 Å². The molecule has 10 heavy (non-hydrogen) atoms. The van der Waals surface area contributed by atoms with Crippen LogP contribution in [0.4, 0.5) is 0 Å². The third-order valence-electron chi connectivity index (χ3n) is 1.66. The monoisotopic (exact) mass is 142 g/mol. The average molecular weight is 142 g/mol. The van der Waals surface area contributed by atoms with Gasteiger partial charge in [0.25, 0.3) is 0 Å². The first kappa shape index (κ1) is 7.76. The van der Waals surface area contributed by atoms with E-state index < -0.39 is 0 Å². The van der Waals surface area contributed by atoms with Crippen molar-refractivity contribution >= 4 is 0 Å². The lowest BCUT2D eigenvalue weighted by Gasteiger charge is -2.10. The van der Waals surface area contributed by atoms with Crippen LogP contribution < -0.4 is 0 Å². The van der Waals surface area contributed by atoms with E-state index in [-0.39, 0.29) is 0 Å². The van der Waals surface area contributed by atoms with Crippen molar-refractivity contribution in [2.24, 2.45) is 0 Å². The largest absolute Gasteiger partial charge is 0.352 e. The van der Waals surface area contributed by atoms with Crippen LogP contribution in [0.5, 0.6) is 0 Å². The number of rotatable bonds is 1. The fourth-order valence-electron chi connectivity index (χ4n) is 1.03. The topological polar surface area (TPSA) is 18.5 Å². The third-order valence-corrected chi connectivity index (χ3v) is 1.66. The second-order valence-corrected chi connectivity index (χ2v) is 2.62. The summed E-state index contributed by atoms with van der Waals surface area (Å²) in [5, 5.41) is 0. The highest BCUT2D eigenvalue weighted by Crippen LogP contribution is 2.13. The minimum atomic E-state index is 0.329. The van der Waals surface area contributed by atoms with E-state index in [0.717, 1.165) is 18.4 Å². The normalized spacial score (nSPS) is 28.1. The van der Waals surface area contributed by atoms with Crippen LogP contribution >= 0.6 is 0 Å². The smallest absolute Gasteiger partial charge is 0.147 e. The Kier molecular flexibility index (Phi) is 2.90. The number of hydrogen-bond acceptors (Lipinski definition) is 2. The fraction of sp³-hybridized carbons (Fsp3) is 0.750. The highest BCUT2D eigenvalue weighted by Gasteiger charge is 2.11. The minimum Gasteiger partial charge on any atom is -0.352 e. The lowest BCUT2D eigenvalue weighted by Crippen LogP contribution is -2.10. The molecule has 1 rings (SSSR count). The lowest BCUT2D eigenvalue weighted by atomic mass is 10.1. The van der Waals surface area contributed by atoms with Gasteiger partial charge in [0.05, 0.1) is 12.7 Å². The predicted molar refractivity (Wildman–Crippen MR) is 39.7 cm³/mol. The minimum absolute atomic E-state index is 0.329. The Balaban J connectivity index is 2.38. The maximum atomic E-state index is 5.34. The number of hydrogen-bond donors (Lipinski definition) is 0. The molecule has 1 aliphatic heterocycles. The molecule has 1 heterocycles. The summed E-state index contributed by atoms with van der Waals surface area (Å²) >= 11 is 0. The summed E-state index contributed by atoms with van der Waals surface area (Å²) in [6.07, 6.45) is 2.33. The highest BCUT2D eigenvalue weighted by atomic mass is 16.7. The zero-order chi connectivity index (χ0) is 7.40. The Hall–Kier alpha value is -0.340. The molecule has 0 aliphatic carbocycles. The van der Waals surface area contributed by atoms with E-state index in [1.807, 2.05) is 0 Å². The average Bonchev–Trinajstić information content (AvgIpc) is 2.13. The molecule has 0 amide bonds. The molecule has 0 aromatic heterocycles.